The van der Waals surface area contributed by atoms with Crippen LogP contribution in [0, 0.1) is 10.1 Å². The summed E-state index contributed by atoms with van der Waals surface area (Å²) in [5.41, 5.74) is 5.14. The van der Waals surface area contributed by atoms with Crippen LogP contribution in [0.2, 0.25) is 0 Å². The molecule has 2 N–H and O–H groups in total. The monoisotopic (exact) mass is 210 g/mol. The SMILES string of the molecule is C[C@H](N)C(=O)Oc1cccc([N+](=O)[O-])c1. The van der Waals surface area contributed by atoms with Crippen molar-refractivity contribution >= 4 is 11.7 Å². The first kappa shape index (κ1) is 11.1. The lowest BCUT2D eigenvalue weighted by Gasteiger charge is -2.05. The highest BCUT2D eigenvalue weighted by atomic mass is 16.6. The third kappa shape index (κ3) is 3.03. The Morgan fingerprint density at radius 1 is 1.60 bits per heavy atom. The molecule has 0 bridgehead atoms. The van der Waals surface area contributed by atoms with Crippen LogP contribution in [0.5, 0.6) is 5.75 Å². The Labute approximate surface area is 85.8 Å². The van der Waals surface area contributed by atoms with Crippen molar-refractivity contribution in [3.63, 3.8) is 0 Å². The fourth-order valence-corrected chi connectivity index (χ4v) is 0.870. The van der Waals surface area contributed by atoms with E-state index in [1.54, 1.807) is 0 Å². The van der Waals surface area contributed by atoms with Crippen molar-refractivity contribution in [3.8, 4) is 5.75 Å². The summed E-state index contributed by atoms with van der Waals surface area (Å²) in [5.74, 6) is -0.512. The van der Waals surface area contributed by atoms with E-state index in [4.69, 9.17) is 10.5 Å². The fourth-order valence-electron chi connectivity index (χ4n) is 0.870. The fraction of sp³-hybridized carbons (Fsp3) is 0.222. The van der Waals surface area contributed by atoms with Crippen molar-refractivity contribution in [2.24, 2.45) is 5.73 Å². The van der Waals surface area contributed by atoms with Crippen molar-refractivity contribution in [1.82, 2.24) is 0 Å². The Morgan fingerprint density at radius 3 is 2.80 bits per heavy atom. The molecule has 0 amide bonds. The van der Waals surface area contributed by atoms with Gasteiger partial charge in [0, 0.05) is 6.07 Å². The molecular formula is C9H10N2O4. The lowest BCUT2D eigenvalue weighted by molar-refractivity contribution is -0.384. The minimum Gasteiger partial charge on any atom is -0.425 e. The second kappa shape index (κ2) is 4.52. The van der Waals surface area contributed by atoms with Gasteiger partial charge in [0.05, 0.1) is 11.0 Å². The molecular weight excluding hydrogens is 200 g/mol. The Hall–Kier alpha value is -1.95. The van der Waals surface area contributed by atoms with E-state index in [0.717, 1.165) is 0 Å². The summed E-state index contributed by atoms with van der Waals surface area (Å²) >= 11 is 0. The van der Waals surface area contributed by atoms with Crippen LogP contribution < -0.4 is 10.5 Å². The first-order valence-corrected chi connectivity index (χ1v) is 4.22. The lowest BCUT2D eigenvalue weighted by atomic mass is 10.3. The van der Waals surface area contributed by atoms with Crippen molar-refractivity contribution < 1.29 is 14.5 Å². The zero-order chi connectivity index (χ0) is 11.4. The molecule has 1 aromatic rings. The van der Waals surface area contributed by atoms with E-state index in [2.05, 4.69) is 0 Å². The number of carbonyl (C=O) groups is 1. The molecule has 6 heteroatoms. The van der Waals surface area contributed by atoms with Gasteiger partial charge in [-0.05, 0) is 13.0 Å². The Morgan fingerprint density at radius 2 is 2.27 bits per heavy atom. The number of benzene rings is 1. The zero-order valence-electron chi connectivity index (χ0n) is 8.04. The van der Waals surface area contributed by atoms with Gasteiger partial charge in [0.25, 0.3) is 5.69 Å². The van der Waals surface area contributed by atoms with E-state index in [1.807, 2.05) is 0 Å². The molecule has 80 valence electrons. The second-order valence-electron chi connectivity index (χ2n) is 2.96. The number of nitrogens with zero attached hydrogens (tertiary/aromatic N) is 1. The first-order chi connectivity index (χ1) is 7.00. The van der Waals surface area contributed by atoms with Gasteiger partial charge in [-0.25, -0.2) is 4.79 Å². The molecule has 1 rings (SSSR count). The normalized spacial score (nSPS) is 11.9. The van der Waals surface area contributed by atoms with E-state index in [1.165, 1.54) is 31.2 Å². The van der Waals surface area contributed by atoms with Crippen molar-refractivity contribution in [2.45, 2.75) is 13.0 Å². The smallest absolute Gasteiger partial charge is 0.328 e. The quantitative estimate of drug-likeness (QED) is 0.345. The number of hydrogen-bond acceptors (Lipinski definition) is 5. The first-order valence-electron chi connectivity index (χ1n) is 4.22. The highest BCUT2D eigenvalue weighted by molar-refractivity contribution is 5.77. The molecule has 0 fully saturated rings. The van der Waals surface area contributed by atoms with E-state index < -0.39 is 16.9 Å². The zero-order valence-corrected chi connectivity index (χ0v) is 8.04. The topological polar surface area (TPSA) is 95.5 Å². The Balaban J connectivity index is 2.83. The highest BCUT2D eigenvalue weighted by Gasteiger charge is 2.12. The van der Waals surface area contributed by atoms with Crippen LogP contribution in [0.15, 0.2) is 24.3 Å². The molecule has 0 spiro atoms. The largest absolute Gasteiger partial charge is 0.425 e. The number of rotatable bonds is 3. The predicted molar refractivity (Wildman–Crippen MR) is 52.4 cm³/mol. The van der Waals surface area contributed by atoms with Crippen LogP contribution in [0.4, 0.5) is 5.69 Å². The molecule has 0 radical (unpaired) electrons. The van der Waals surface area contributed by atoms with Gasteiger partial charge >= 0.3 is 5.97 Å². The standard InChI is InChI=1S/C9H10N2O4/c1-6(10)9(12)15-8-4-2-3-7(5-8)11(13)14/h2-6H,10H2,1H3/t6-/m0/s1. The van der Waals surface area contributed by atoms with E-state index in [0.29, 0.717) is 0 Å². The van der Waals surface area contributed by atoms with Crippen LogP contribution in [0.1, 0.15) is 6.92 Å². The molecule has 0 aromatic heterocycles. The van der Waals surface area contributed by atoms with Crippen molar-refractivity contribution in [1.29, 1.82) is 0 Å². The van der Waals surface area contributed by atoms with Crippen molar-refractivity contribution in [2.75, 3.05) is 0 Å². The molecule has 0 aliphatic carbocycles. The molecule has 0 aliphatic rings. The number of non-ortho nitro benzene ring substituents is 1. The Kier molecular flexibility index (Phi) is 3.35. The minimum absolute atomic E-state index is 0.117. The predicted octanol–water partition coefficient (Wildman–Crippen LogP) is 0.847. The Bertz CT molecular complexity index is 389. The van der Waals surface area contributed by atoms with E-state index >= 15 is 0 Å². The van der Waals surface area contributed by atoms with Gasteiger partial charge in [-0.3, -0.25) is 10.1 Å². The summed E-state index contributed by atoms with van der Waals surface area (Å²) in [4.78, 5) is 20.9. The molecule has 1 atom stereocenters. The average Bonchev–Trinajstić information content (AvgIpc) is 2.18. The van der Waals surface area contributed by atoms with Crippen LogP contribution in [0.3, 0.4) is 0 Å². The minimum atomic E-state index is -0.760. The molecule has 1 aromatic carbocycles. The number of nitro groups is 1. The average molecular weight is 210 g/mol. The summed E-state index contributed by atoms with van der Waals surface area (Å²) in [7, 11) is 0. The molecule has 0 unspecified atom stereocenters. The maximum absolute atomic E-state index is 11.1. The molecule has 0 saturated carbocycles. The maximum atomic E-state index is 11.1. The van der Waals surface area contributed by atoms with Crippen LogP contribution in [-0.4, -0.2) is 16.9 Å². The third-order valence-electron chi connectivity index (χ3n) is 1.62. The molecule has 6 nitrogen and oxygen atoms in total. The summed E-state index contributed by atoms with van der Waals surface area (Å²) in [5, 5.41) is 10.4. The van der Waals surface area contributed by atoms with E-state index in [-0.39, 0.29) is 11.4 Å². The van der Waals surface area contributed by atoms with Crippen molar-refractivity contribution in [3.05, 3.63) is 34.4 Å². The summed E-state index contributed by atoms with van der Waals surface area (Å²) in [6, 6.07) is 4.60. The molecule has 0 aliphatic heterocycles. The molecule has 15 heavy (non-hydrogen) atoms. The maximum Gasteiger partial charge on any atom is 0.328 e. The van der Waals surface area contributed by atoms with Gasteiger partial charge in [-0.2, -0.15) is 0 Å². The van der Waals surface area contributed by atoms with Crippen LogP contribution in [0.25, 0.3) is 0 Å². The van der Waals surface area contributed by atoms with Gasteiger partial charge < -0.3 is 10.5 Å². The number of ether oxygens (including phenoxy) is 1. The summed E-state index contributed by atoms with van der Waals surface area (Å²) < 4.78 is 4.80. The number of nitrogens with two attached hydrogens (primary N) is 1. The number of esters is 1. The lowest BCUT2D eigenvalue weighted by Crippen LogP contribution is -2.30. The van der Waals surface area contributed by atoms with Gasteiger partial charge in [0.2, 0.25) is 0 Å². The van der Waals surface area contributed by atoms with Gasteiger partial charge in [-0.15, -0.1) is 0 Å². The summed E-state index contributed by atoms with van der Waals surface area (Å²) in [6.45, 7) is 1.47. The summed E-state index contributed by atoms with van der Waals surface area (Å²) in [6.07, 6.45) is 0. The van der Waals surface area contributed by atoms with Gasteiger partial charge in [0.1, 0.15) is 11.8 Å². The van der Waals surface area contributed by atoms with Crippen LogP contribution >= 0.6 is 0 Å². The van der Waals surface area contributed by atoms with E-state index in [9.17, 15) is 14.9 Å². The third-order valence-corrected chi connectivity index (χ3v) is 1.62. The number of carbonyl (C=O) groups excluding carboxylic acids is 1. The molecule has 0 heterocycles. The van der Waals surface area contributed by atoms with Gasteiger partial charge in [0.15, 0.2) is 0 Å². The van der Waals surface area contributed by atoms with Gasteiger partial charge in [-0.1, -0.05) is 6.07 Å². The number of hydrogen-bond donors (Lipinski definition) is 1. The number of nitro benzene ring substituents is 1. The molecule has 0 saturated heterocycles. The highest BCUT2D eigenvalue weighted by Crippen LogP contribution is 2.19. The van der Waals surface area contributed by atoms with Crippen LogP contribution in [-0.2, 0) is 4.79 Å². The second-order valence-corrected chi connectivity index (χ2v) is 2.96.